The fourth-order valence-electron chi connectivity index (χ4n) is 2.05. The molecule has 19 heavy (non-hydrogen) atoms. The third kappa shape index (κ3) is 2.57. The molecule has 0 fully saturated rings. The summed E-state index contributed by atoms with van der Waals surface area (Å²) >= 11 is 0. The molecule has 0 radical (unpaired) electrons. The number of carboxylic acids is 1. The number of halogens is 1. The highest BCUT2D eigenvalue weighted by Crippen LogP contribution is 2.29. The molecule has 0 unspecified atom stereocenters. The average molecular weight is 259 g/mol. The Balaban J connectivity index is 2.56. The molecule has 0 aliphatic heterocycles. The Hall–Kier alpha value is -2.36. The quantitative estimate of drug-likeness (QED) is 0.910. The Morgan fingerprint density at radius 1 is 1.16 bits per heavy atom. The second-order valence-corrected chi connectivity index (χ2v) is 4.02. The molecule has 2 rings (SSSR count). The molecule has 0 heterocycles. The Labute approximate surface area is 110 Å². The van der Waals surface area contributed by atoms with E-state index < -0.39 is 11.8 Å². The zero-order chi connectivity index (χ0) is 13.8. The van der Waals surface area contributed by atoms with Crippen molar-refractivity contribution in [3.8, 4) is 0 Å². The van der Waals surface area contributed by atoms with Crippen LogP contribution in [0.4, 0.5) is 15.8 Å². The van der Waals surface area contributed by atoms with Crippen molar-refractivity contribution in [2.75, 3.05) is 11.4 Å². The molecule has 0 amide bonds. The smallest absolute Gasteiger partial charge is 0.340 e. The van der Waals surface area contributed by atoms with Gasteiger partial charge in [-0.3, -0.25) is 0 Å². The molecule has 2 aromatic rings. The van der Waals surface area contributed by atoms with Crippen LogP contribution in [0.15, 0.2) is 48.5 Å². The predicted octanol–water partition coefficient (Wildman–Crippen LogP) is 3.68. The summed E-state index contributed by atoms with van der Waals surface area (Å²) in [5.41, 5.74) is 0.896. The minimum atomic E-state index is -1.26. The number of para-hydroxylation sites is 1. The van der Waals surface area contributed by atoms with Crippen molar-refractivity contribution < 1.29 is 14.3 Å². The highest BCUT2D eigenvalue weighted by atomic mass is 19.1. The fraction of sp³-hybridized carbons (Fsp3) is 0.133. The van der Waals surface area contributed by atoms with E-state index in [9.17, 15) is 14.3 Å². The summed E-state index contributed by atoms with van der Waals surface area (Å²) in [4.78, 5) is 13.0. The molecular weight excluding hydrogens is 245 g/mol. The number of hydrogen-bond acceptors (Lipinski definition) is 2. The van der Waals surface area contributed by atoms with Crippen LogP contribution in [0.3, 0.4) is 0 Å². The van der Waals surface area contributed by atoms with Crippen LogP contribution in [0.2, 0.25) is 0 Å². The molecule has 0 atom stereocenters. The zero-order valence-corrected chi connectivity index (χ0v) is 10.5. The van der Waals surface area contributed by atoms with Gasteiger partial charge < -0.3 is 10.0 Å². The van der Waals surface area contributed by atoms with Gasteiger partial charge in [-0.25, -0.2) is 9.18 Å². The second-order valence-electron chi connectivity index (χ2n) is 4.02. The van der Waals surface area contributed by atoms with Gasteiger partial charge in [-0.05, 0) is 31.2 Å². The van der Waals surface area contributed by atoms with Crippen molar-refractivity contribution in [2.24, 2.45) is 0 Å². The number of nitrogens with zero attached hydrogens (tertiary/aromatic N) is 1. The number of rotatable bonds is 4. The molecular formula is C15H14FNO2. The van der Waals surface area contributed by atoms with Gasteiger partial charge in [0.05, 0.1) is 5.69 Å². The van der Waals surface area contributed by atoms with E-state index in [2.05, 4.69) is 0 Å². The highest BCUT2D eigenvalue weighted by Gasteiger charge is 2.20. The maximum absolute atomic E-state index is 13.7. The zero-order valence-electron chi connectivity index (χ0n) is 10.5. The van der Waals surface area contributed by atoms with E-state index in [0.717, 1.165) is 11.8 Å². The van der Waals surface area contributed by atoms with Gasteiger partial charge in [-0.2, -0.15) is 0 Å². The van der Waals surface area contributed by atoms with Crippen molar-refractivity contribution in [3.63, 3.8) is 0 Å². The van der Waals surface area contributed by atoms with Gasteiger partial charge >= 0.3 is 5.97 Å². The topological polar surface area (TPSA) is 40.5 Å². The first-order valence-electron chi connectivity index (χ1n) is 5.99. The molecule has 98 valence electrons. The largest absolute Gasteiger partial charge is 0.478 e. The van der Waals surface area contributed by atoms with E-state index in [4.69, 9.17) is 0 Å². The van der Waals surface area contributed by atoms with E-state index in [1.807, 2.05) is 37.3 Å². The third-order valence-corrected chi connectivity index (χ3v) is 2.88. The fourth-order valence-corrected chi connectivity index (χ4v) is 2.05. The molecule has 0 aromatic heterocycles. The minimum absolute atomic E-state index is 0.298. The van der Waals surface area contributed by atoms with E-state index in [1.54, 1.807) is 11.0 Å². The number of carboxylic acid groups (broad SMARTS) is 1. The number of aromatic carboxylic acids is 1. The summed E-state index contributed by atoms with van der Waals surface area (Å²) in [7, 11) is 0. The van der Waals surface area contributed by atoms with Gasteiger partial charge in [0.15, 0.2) is 0 Å². The molecule has 0 saturated carbocycles. The van der Waals surface area contributed by atoms with E-state index in [-0.39, 0.29) is 5.56 Å². The van der Waals surface area contributed by atoms with Gasteiger partial charge in [-0.15, -0.1) is 0 Å². The van der Waals surface area contributed by atoms with Crippen LogP contribution in [0.25, 0.3) is 0 Å². The lowest BCUT2D eigenvalue weighted by atomic mass is 10.1. The van der Waals surface area contributed by atoms with Crippen LogP contribution < -0.4 is 4.90 Å². The minimum Gasteiger partial charge on any atom is -0.478 e. The number of carbonyl (C=O) groups is 1. The van der Waals surface area contributed by atoms with Gasteiger partial charge in [0.2, 0.25) is 0 Å². The van der Waals surface area contributed by atoms with Gasteiger partial charge in [0.25, 0.3) is 0 Å². The van der Waals surface area contributed by atoms with Crippen molar-refractivity contribution in [2.45, 2.75) is 6.92 Å². The van der Waals surface area contributed by atoms with Gasteiger partial charge in [0.1, 0.15) is 11.4 Å². The van der Waals surface area contributed by atoms with Gasteiger partial charge in [0, 0.05) is 12.2 Å². The molecule has 0 bridgehead atoms. The summed E-state index contributed by atoms with van der Waals surface area (Å²) in [6.07, 6.45) is 0. The Bertz CT molecular complexity index is 584. The van der Waals surface area contributed by atoms with E-state index in [1.165, 1.54) is 6.07 Å². The Morgan fingerprint density at radius 3 is 2.42 bits per heavy atom. The predicted molar refractivity (Wildman–Crippen MR) is 72.5 cm³/mol. The molecule has 0 spiro atoms. The highest BCUT2D eigenvalue weighted by molar-refractivity contribution is 5.96. The van der Waals surface area contributed by atoms with Gasteiger partial charge in [-0.1, -0.05) is 24.3 Å². The number of hydrogen-bond donors (Lipinski definition) is 1. The van der Waals surface area contributed by atoms with Crippen LogP contribution in [0.1, 0.15) is 17.3 Å². The third-order valence-electron chi connectivity index (χ3n) is 2.88. The van der Waals surface area contributed by atoms with Crippen LogP contribution in [-0.2, 0) is 0 Å². The van der Waals surface area contributed by atoms with Crippen LogP contribution in [0, 0.1) is 5.82 Å². The lowest BCUT2D eigenvalue weighted by Crippen LogP contribution is -2.19. The van der Waals surface area contributed by atoms with E-state index >= 15 is 0 Å². The molecule has 2 aromatic carbocycles. The van der Waals surface area contributed by atoms with Crippen LogP contribution in [0.5, 0.6) is 0 Å². The lowest BCUT2D eigenvalue weighted by molar-refractivity contribution is 0.0693. The molecule has 3 nitrogen and oxygen atoms in total. The van der Waals surface area contributed by atoms with Crippen LogP contribution >= 0.6 is 0 Å². The second kappa shape index (κ2) is 5.52. The first-order chi connectivity index (χ1) is 9.15. The maximum atomic E-state index is 13.7. The summed E-state index contributed by atoms with van der Waals surface area (Å²) in [6.45, 7) is 2.44. The number of anilines is 2. The SMILES string of the molecule is CCN(c1ccccc1)c1cccc(F)c1C(=O)O. The lowest BCUT2D eigenvalue weighted by Gasteiger charge is -2.25. The van der Waals surface area contributed by atoms with Crippen molar-refractivity contribution in [1.82, 2.24) is 0 Å². The molecule has 1 N–H and O–H groups in total. The molecule has 4 heteroatoms. The molecule has 0 aliphatic carbocycles. The van der Waals surface area contributed by atoms with Crippen LogP contribution in [-0.4, -0.2) is 17.6 Å². The molecule has 0 saturated heterocycles. The first kappa shape index (κ1) is 13.1. The standard InChI is InChI=1S/C15H14FNO2/c1-2-17(11-7-4-3-5-8-11)13-10-6-9-12(16)14(13)15(18)19/h3-10H,2H2,1H3,(H,18,19). The monoisotopic (exact) mass is 259 g/mol. The van der Waals surface area contributed by atoms with E-state index in [0.29, 0.717) is 12.2 Å². The summed E-state index contributed by atoms with van der Waals surface area (Å²) < 4.78 is 13.7. The van der Waals surface area contributed by atoms with Crippen molar-refractivity contribution >= 4 is 17.3 Å². The normalized spacial score (nSPS) is 10.2. The average Bonchev–Trinajstić information content (AvgIpc) is 2.40. The summed E-state index contributed by atoms with van der Waals surface area (Å²) in [6, 6.07) is 13.6. The Kier molecular flexibility index (Phi) is 3.80. The molecule has 0 aliphatic rings. The van der Waals surface area contributed by atoms with Crippen molar-refractivity contribution in [1.29, 1.82) is 0 Å². The maximum Gasteiger partial charge on any atom is 0.340 e. The summed E-state index contributed by atoms with van der Waals surface area (Å²) in [5, 5.41) is 9.17. The summed E-state index contributed by atoms with van der Waals surface area (Å²) in [5.74, 6) is -1.98. The van der Waals surface area contributed by atoms with Crippen molar-refractivity contribution in [3.05, 3.63) is 59.9 Å². The Morgan fingerprint density at radius 2 is 1.84 bits per heavy atom. The number of benzene rings is 2. The first-order valence-corrected chi connectivity index (χ1v) is 5.99.